The summed E-state index contributed by atoms with van der Waals surface area (Å²) in [5.41, 5.74) is 2.82. The molecule has 1 heterocycles. The van der Waals surface area contributed by atoms with Crippen LogP contribution in [0.4, 0.5) is 0 Å². The monoisotopic (exact) mass is 374 g/mol. The highest BCUT2D eigenvalue weighted by Gasteiger charge is 2.14. The minimum absolute atomic E-state index is 0.168. The number of para-hydroxylation sites is 2. The van der Waals surface area contributed by atoms with Crippen LogP contribution in [0.2, 0.25) is 0 Å². The Kier molecular flexibility index (Phi) is 5.90. The van der Waals surface area contributed by atoms with E-state index in [1.54, 1.807) is 24.3 Å². The van der Waals surface area contributed by atoms with Gasteiger partial charge in [0.1, 0.15) is 0 Å². The number of imidazole rings is 1. The zero-order valence-corrected chi connectivity index (χ0v) is 15.5. The van der Waals surface area contributed by atoms with Crippen molar-refractivity contribution in [1.82, 2.24) is 9.97 Å². The molecule has 0 saturated carbocycles. The lowest BCUT2D eigenvalue weighted by molar-refractivity contribution is 0.270. The molecule has 6 nitrogen and oxygen atoms in total. The summed E-state index contributed by atoms with van der Waals surface area (Å²) in [6.45, 7) is 2.59. The van der Waals surface area contributed by atoms with Gasteiger partial charge in [0.25, 0.3) is 16.1 Å². The normalized spacial score (nSPS) is 11.7. The second-order valence-electron chi connectivity index (χ2n) is 6.06. The molecule has 0 aliphatic rings. The maximum absolute atomic E-state index is 12.0. The van der Waals surface area contributed by atoms with E-state index in [4.69, 9.17) is 8.92 Å². The number of hydrogen-bond acceptors (Lipinski definition) is 5. The van der Waals surface area contributed by atoms with Gasteiger partial charge in [-0.1, -0.05) is 29.8 Å². The van der Waals surface area contributed by atoms with E-state index >= 15 is 0 Å². The number of unbranched alkanes of at least 4 members (excludes halogenated alkanes) is 2. The van der Waals surface area contributed by atoms with Crippen molar-refractivity contribution in [2.75, 3.05) is 13.2 Å². The molecule has 2 aromatic carbocycles. The van der Waals surface area contributed by atoms with E-state index in [1.165, 1.54) is 0 Å². The molecule has 26 heavy (non-hydrogen) atoms. The van der Waals surface area contributed by atoms with Gasteiger partial charge in [-0.15, -0.1) is 0 Å². The van der Waals surface area contributed by atoms with Gasteiger partial charge in [0.15, 0.2) is 0 Å². The van der Waals surface area contributed by atoms with Crippen LogP contribution in [0, 0.1) is 6.92 Å². The first kappa shape index (κ1) is 18.4. The molecule has 0 amide bonds. The van der Waals surface area contributed by atoms with Crippen molar-refractivity contribution in [3.63, 3.8) is 0 Å². The summed E-state index contributed by atoms with van der Waals surface area (Å²) < 4.78 is 34.8. The van der Waals surface area contributed by atoms with Gasteiger partial charge >= 0.3 is 0 Å². The van der Waals surface area contributed by atoms with E-state index < -0.39 is 10.1 Å². The molecule has 1 N–H and O–H groups in total. The van der Waals surface area contributed by atoms with Gasteiger partial charge in [0.2, 0.25) is 0 Å². The molecule has 0 unspecified atom stereocenters. The zero-order valence-electron chi connectivity index (χ0n) is 14.6. The minimum atomic E-state index is -3.67. The number of hydrogen-bond donors (Lipinski definition) is 1. The second-order valence-corrected chi connectivity index (χ2v) is 7.67. The molecule has 3 aromatic rings. The van der Waals surface area contributed by atoms with Gasteiger partial charge in [-0.05, 0) is 50.5 Å². The molecule has 0 aliphatic heterocycles. The van der Waals surface area contributed by atoms with Gasteiger partial charge < -0.3 is 9.72 Å². The van der Waals surface area contributed by atoms with Crippen molar-refractivity contribution in [2.24, 2.45) is 0 Å². The van der Waals surface area contributed by atoms with E-state index in [9.17, 15) is 8.42 Å². The Hall–Kier alpha value is -2.38. The number of aromatic amines is 1. The first-order chi connectivity index (χ1) is 12.5. The molecular weight excluding hydrogens is 352 g/mol. The zero-order chi connectivity index (χ0) is 18.4. The van der Waals surface area contributed by atoms with Crippen LogP contribution in [-0.4, -0.2) is 31.6 Å². The maximum atomic E-state index is 12.0. The van der Waals surface area contributed by atoms with Crippen LogP contribution in [0.3, 0.4) is 0 Å². The lowest BCUT2D eigenvalue weighted by Gasteiger charge is -2.06. The van der Waals surface area contributed by atoms with Crippen molar-refractivity contribution < 1.29 is 17.3 Å². The summed E-state index contributed by atoms with van der Waals surface area (Å²) in [4.78, 5) is 7.63. The molecule has 0 bridgehead atoms. The fraction of sp³-hybridized carbons (Fsp3) is 0.316. The van der Waals surface area contributed by atoms with Gasteiger partial charge in [-0.2, -0.15) is 13.4 Å². The molecule has 0 saturated heterocycles. The average molecular weight is 374 g/mol. The summed E-state index contributed by atoms with van der Waals surface area (Å²) in [6, 6.07) is 14.9. The van der Waals surface area contributed by atoms with Crippen molar-refractivity contribution >= 4 is 21.2 Å². The first-order valence-corrected chi connectivity index (χ1v) is 9.99. The Morgan fingerprint density at radius 2 is 1.69 bits per heavy atom. The summed E-state index contributed by atoms with van der Waals surface area (Å²) in [6.07, 6.45) is 2.25. The smallest absolute Gasteiger partial charge is 0.296 e. The van der Waals surface area contributed by atoms with Crippen LogP contribution in [0.25, 0.3) is 11.0 Å². The lowest BCUT2D eigenvalue weighted by atomic mass is 10.2. The van der Waals surface area contributed by atoms with Gasteiger partial charge in [0.05, 0.1) is 29.1 Å². The number of aromatic nitrogens is 2. The molecule has 0 spiro atoms. The Bertz CT molecular complexity index is 916. The Balaban J connectivity index is 1.34. The fourth-order valence-electron chi connectivity index (χ4n) is 2.49. The Morgan fingerprint density at radius 1 is 0.962 bits per heavy atom. The van der Waals surface area contributed by atoms with Crippen LogP contribution in [0.5, 0.6) is 6.01 Å². The molecule has 138 valence electrons. The van der Waals surface area contributed by atoms with E-state index in [2.05, 4.69) is 9.97 Å². The topological polar surface area (TPSA) is 81.3 Å². The van der Waals surface area contributed by atoms with Crippen LogP contribution in [0.15, 0.2) is 53.4 Å². The van der Waals surface area contributed by atoms with Crippen molar-refractivity contribution in [3.8, 4) is 6.01 Å². The van der Waals surface area contributed by atoms with E-state index in [1.807, 2.05) is 31.2 Å². The molecule has 3 rings (SSSR count). The van der Waals surface area contributed by atoms with Gasteiger partial charge in [-0.25, -0.2) is 0 Å². The van der Waals surface area contributed by atoms with Gasteiger partial charge in [-0.3, -0.25) is 4.18 Å². The van der Waals surface area contributed by atoms with Crippen LogP contribution in [0.1, 0.15) is 24.8 Å². The average Bonchev–Trinajstić information content (AvgIpc) is 3.04. The summed E-state index contributed by atoms with van der Waals surface area (Å²) in [5, 5.41) is 0. The third-order valence-corrected chi connectivity index (χ3v) is 5.27. The highest BCUT2D eigenvalue weighted by Crippen LogP contribution is 2.16. The summed E-state index contributed by atoms with van der Waals surface area (Å²) in [5.74, 6) is 0. The molecule has 0 fully saturated rings. The quantitative estimate of drug-likeness (QED) is 0.455. The van der Waals surface area contributed by atoms with Crippen molar-refractivity contribution in [3.05, 3.63) is 54.1 Å². The van der Waals surface area contributed by atoms with Crippen LogP contribution in [-0.2, 0) is 14.3 Å². The number of aryl methyl sites for hydroxylation is 1. The molecular formula is C19H22N2O4S. The highest BCUT2D eigenvalue weighted by molar-refractivity contribution is 7.86. The largest absolute Gasteiger partial charge is 0.465 e. The van der Waals surface area contributed by atoms with Crippen molar-refractivity contribution in [1.29, 1.82) is 0 Å². The first-order valence-electron chi connectivity index (χ1n) is 8.58. The van der Waals surface area contributed by atoms with Crippen LogP contribution < -0.4 is 4.74 Å². The van der Waals surface area contributed by atoms with E-state index in [0.717, 1.165) is 29.4 Å². The number of rotatable bonds is 9. The SMILES string of the molecule is Cc1ccc(S(=O)(=O)OCCCCCOc2nc3ccccc3[nH]2)cc1. The summed E-state index contributed by atoms with van der Waals surface area (Å²) >= 11 is 0. The van der Waals surface area contributed by atoms with Crippen molar-refractivity contribution in [2.45, 2.75) is 31.1 Å². The lowest BCUT2D eigenvalue weighted by Crippen LogP contribution is -2.08. The number of nitrogens with one attached hydrogen (secondary N) is 1. The molecule has 1 aromatic heterocycles. The highest BCUT2D eigenvalue weighted by atomic mass is 32.2. The number of benzene rings is 2. The van der Waals surface area contributed by atoms with Gasteiger partial charge in [0, 0.05) is 0 Å². The number of ether oxygens (including phenoxy) is 1. The molecule has 0 aliphatic carbocycles. The predicted molar refractivity (Wildman–Crippen MR) is 99.8 cm³/mol. The predicted octanol–water partition coefficient (Wildman–Crippen LogP) is 3.83. The number of nitrogens with zero attached hydrogens (tertiary/aromatic N) is 1. The number of H-pyrrole nitrogens is 1. The maximum Gasteiger partial charge on any atom is 0.296 e. The fourth-order valence-corrected chi connectivity index (χ4v) is 3.43. The minimum Gasteiger partial charge on any atom is -0.465 e. The second kappa shape index (κ2) is 8.33. The molecule has 7 heteroatoms. The number of fused-ring (bicyclic) bond motifs is 1. The third kappa shape index (κ3) is 4.83. The van der Waals surface area contributed by atoms with E-state index in [0.29, 0.717) is 19.0 Å². The molecule has 0 atom stereocenters. The third-order valence-electron chi connectivity index (χ3n) is 3.94. The standard InChI is InChI=1S/C19H22N2O4S/c1-15-9-11-16(12-10-15)26(22,23)25-14-6-2-5-13-24-19-20-17-7-3-4-8-18(17)21-19/h3-4,7-12H,2,5-6,13-14H2,1H3,(H,20,21). The summed E-state index contributed by atoms with van der Waals surface area (Å²) in [7, 11) is -3.67. The molecule has 0 radical (unpaired) electrons. The Labute approximate surface area is 153 Å². The van der Waals surface area contributed by atoms with Crippen LogP contribution >= 0.6 is 0 Å². The Morgan fingerprint density at radius 3 is 2.46 bits per heavy atom. The van der Waals surface area contributed by atoms with E-state index in [-0.39, 0.29) is 11.5 Å².